The van der Waals surface area contributed by atoms with Gasteiger partial charge in [-0.15, -0.1) is 0 Å². The number of pyridine rings is 1. The van der Waals surface area contributed by atoms with Crippen molar-refractivity contribution in [2.75, 3.05) is 44.2 Å². The van der Waals surface area contributed by atoms with Gasteiger partial charge < -0.3 is 4.90 Å². The van der Waals surface area contributed by atoms with Crippen molar-refractivity contribution in [3.8, 4) is 0 Å². The first-order valence-corrected chi connectivity index (χ1v) is 9.33. The first kappa shape index (κ1) is 17.4. The number of piperazine rings is 1. The zero-order valence-corrected chi connectivity index (χ0v) is 15.2. The van der Waals surface area contributed by atoms with Crippen LogP contribution in [0.25, 0.3) is 0 Å². The van der Waals surface area contributed by atoms with Gasteiger partial charge in [0.05, 0.1) is 6.04 Å². The molecule has 1 aromatic heterocycles. The largest absolute Gasteiger partial charge is 0.354 e. The van der Waals surface area contributed by atoms with Gasteiger partial charge in [-0.2, -0.15) is 0 Å². The monoisotopic (exact) mass is 355 g/mol. The van der Waals surface area contributed by atoms with E-state index in [2.05, 4.69) is 38.6 Å². The van der Waals surface area contributed by atoms with Crippen molar-refractivity contribution in [3.05, 3.63) is 59.5 Å². The predicted octanol–water partition coefficient (Wildman–Crippen LogP) is 2.12. The van der Waals surface area contributed by atoms with Crippen LogP contribution in [0.3, 0.4) is 0 Å². The Morgan fingerprint density at radius 2 is 1.88 bits per heavy atom. The van der Waals surface area contributed by atoms with Gasteiger partial charge in [-0.05, 0) is 42.3 Å². The van der Waals surface area contributed by atoms with Crippen molar-refractivity contribution in [3.63, 3.8) is 0 Å². The van der Waals surface area contributed by atoms with Gasteiger partial charge >= 0.3 is 0 Å². The van der Waals surface area contributed by atoms with Crippen LogP contribution in [0.1, 0.15) is 17.2 Å². The average Bonchev–Trinajstić information content (AvgIpc) is 3.11. The Bertz CT molecular complexity index is 727. The van der Waals surface area contributed by atoms with Gasteiger partial charge in [-0.3, -0.25) is 10.3 Å². The van der Waals surface area contributed by atoms with Gasteiger partial charge in [-0.1, -0.05) is 12.1 Å². The molecule has 3 heterocycles. The predicted molar refractivity (Wildman–Crippen MR) is 101 cm³/mol. The average molecular weight is 355 g/mol. The molecule has 1 aromatic carbocycles. The van der Waals surface area contributed by atoms with E-state index in [9.17, 15) is 4.39 Å². The minimum absolute atomic E-state index is 0.183. The maximum absolute atomic E-state index is 13.2. The minimum atomic E-state index is -0.183. The zero-order valence-electron chi connectivity index (χ0n) is 15.2. The molecule has 138 valence electrons. The number of benzene rings is 1. The number of aryl methyl sites for hydroxylation is 1. The molecule has 2 aliphatic rings. The van der Waals surface area contributed by atoms with Crippen LogP contribution in [0.5, 0.6) is 0 Å². The van der Waals surface area contributed by atoms with Gasteiger partial charge in [-0.25, -0.2) is 14.8 Å². The summed E-state index contributed by atoms with van der Waals surface area (Å²) < 4.78 is 13.2. The molecular weight excluding hydrogens is 329 g/mol. The molecular formula is C20H26FN5. The van der Waals surface area contributed by atoms with Crippen molar-refractivity contribution in [1.29, 1.82) is 0 Å². The second kappa shape index (κ2) is 7.70. The highest BCUT2D eigenvalue weighted by Gasteiger charge is 2.31. The maximum Gasteiger partial charge on any atom is 0.128 e. The van der Waals surface area contributed by atoms with Crippen molar-refractivity contribution in [2.45, 2.75) is 13.0 Å². The van der Waals surface area contributed by atoms with E-state index in [1.165, 1.54) is 5.56 Å². The molecule has 2 N–H and O–H groups in total. The molecule has 0 bridgehead atoms. The molecule has 0 amide bonds. The third-order valence-corrected chi connectivity index (χ3v) is 5.41. The van der Waals surface area contributed by atoms with E-state index in [-0.39, 0.29) is 11.9 Å². The van der Waals surface area contributed by atoms with E-state index in [4.69, 9.17) is 0 Å². The molecule has 26 heavy (non-hydrogen) atoms. The number of nitrogens with one attached hydrogen (secondary N) is 2. The smallest absolute Gasteiger partial charge is 0.128 e. The van der Waals surface area contributed by atoms with Crippen molar-refractivity contribution < 1.29 is 4.39 Å². The first-order chi connectivity index (χ1) is 12.7. The Labute approximate surface area is 154 Å². The lowest BCUT2D eigenvalue weighted by Crippen LogP contribution is -2.48. The van der Waals surface area contributed by atoms with Crippen molar-refractivity contribution in [1.82, 2.24) is 20.7 Å². The van der Waals surface area contributed by atoms with Gasteiger partial charge in [0.25, 0.3) is 0 Å². The SMILES string of the molecule is Cc1ccnc(N2CCN(CC3CNNC3c3ccc(F)cc3)CC2)c1. The molecule has 2 unspecified atom stereocenters. The molecule has 2 aliphatic heterocycles. The molecule has 0 spiro atoms. The molecule has 2 atom stereocenters. The molecule has 0 radical (unpaired) electrons. The summed E-state index contributed by atoms with van der Waals surface area (Å²) in [4.78, 5) is 9.40. The summed E-state index contributed by atoms with van der Waals surface area (Å²) in [6.45, 7) is 8.18. The molecule has 2 aromatic rings. The van der Waals surface area contributed by atoms with E-state index < -0.39 is 0 Å². The molecule has 4 rings (SSSR count). The number of aromatic nitrogens is 1. The van der Waals surface area contributed by atoms with Crippen LogP contribution in [0, 0.1) is 18.7 Å². The minimum Gasteiger partial charge on any atom is -0.354 e. The lowest BCUT2D eigenvalue weighted by Gasteiger charge is -2.37. The van der Waals surface area contributed by atoms with Crippen molar-refractivity contribution >= 4 is 5.82 Å². The number of hydrogen-bond donors (Lipinski definition) is 2. The van der Waals surface area contributed by atoms with E-state index >= 15 is 0 Å². The second-order valence-electron chi connectivity index (χ2n) is 7.29. The van der Waals surface area contributed by atoms with Crippen LogP contribution in [0.15, 0.2) is 42.6 Å². The number of nitrogens with zero attached hydrogens (tertiary/aromatic N) is 3. The van der Waals surface area contributed by atoms with Crippen LogP contribution in [-0.2, 0) is 0 Å². The summed E-state index contributed by atoms with van der Waals surface area (Å²) >= 11 is 0. The highest BCUT2D eigenvalue weighted by molar-refractivity contribution is 5.41. The maximum atomic E-state index is 13.2. The molecule has 6 heteroatoms. The molecule has 0 saturated carbocycles. The summed E-state index contributed by atoms with van der Waals surface area (Å²) in [5.41, 5.74) is 9.02. The Morgan fingerprint density at radius 3 is 2.62 bits per heavy atom. The summed E-state index contributed by atoms with van der Waals surface area (Å²) in [6, 6.07) is 11.3. The van der Waals surface area contributed by atoms with E-state index in [0.29, 0.717) is 5.92 Å². The number of anilines is 1. The second-order valence-corrected chi connectivity index (χ2v) is 7.29. The Kier molecular flexibility index (Phi) is 5.15. The van der Waals surface area contributed by atoms with E-state index in [1.54, 1.807) is 12.1 Å². The molecule has 2 fully saturated rings. The third-order valence-electron chi connectivity index (χ3n) is 5.41. The Balaban J connectivity index is 1.34. The van der Waals surface area contributed by atoms with Crippen LogP contribution < -0.4 is 15.8 Å². The third kappa shape index (κ3) is 3.87. The fourth-order valence-corrected chi connectivity index (χ4v) is 3.92. The van der Waals surface area contributed by atoms with Crippen LogP contribution in [-0.4, -0.2) is 49.2 Å². The highest BCUT2D eigenvalue weighted by Crippen LogP contribution is 2.26. The van der Waals surface area contributed by atoms with Gasteiger partial charge in [0, 0.05) is 51.4 Å². The summed E-state index contributed by atoms with van der Waals surface area (Å²) in [6.07, 6.45) is 1.89. The first-order valence-electron chi connectivity index (χ1n) is 9.33. The summed E-state index contributed by atoms with van der Waals surface area (Å²) in [5, 5.41) is 0. The van der Waals surface area contributed by atoms with E-state index in [1.807, 2.05) is 24.4 Å². The Hall–Kier alpha value is -2.02. The molecule has 5 nitrogen and oxygen atoms in total. The zero-order chi connectivity index (χ0) is 17.9. The summed E-state index contributed by atoms with van der Waals surface area (Å²) in [7, 11) is 0. The number of hydrazine groups is 1. The topological polar surface area (TPSA) is 43.4 Å². The molecule has 0 aliphatic carbocycles. The van der Waals surface area contributed by atoms with Crippen LogP contribution in [0.4, 0.5) is 10.2 Å². The molecule has 2 saturated heterocycles. The van der Waals surface area contributed by atoms with Crippen molar-refractivity contribution in [2.24, 2.45) is 5.92 Å². The fraction of sp³-hybridized carbons (Fsp3) is 0.450. The summed E-state index contributed by atoms with van der Waals surface area (Å²) in [5.74, 6) is 1.37. The lowest BCUT2D eigenvalue weighted by molar-refractivity contribution is 0.214. The quantitative estimate of drug-likeness (QED) is 0.880. The Morgan fingerprint density at radius 1 is 1.12 bits per heavy atom. The highest BCUT2D eigenvalue weighted by atomic mass is 19.1. The van der Waals surface area contributed by atoms with Gasteiger partial charge in [0.15, 0.2) is 0 Å². The number of hydrogen-bond acceptors (Lipinski definition) is 5. The normalized spacial score (nSPS) is 24.2. The fourth-order valence-electron chi connectivity index (χ4n) is 3.92. The van der Waals surface area contributed by atoms with E-state index in [0.717, 1.165) is 50.6 Å². The van der Waals surface area contributed by atoms with Crippen LogP contribution in [0.2, 0.25) is 0 Å². The lowest BCUT2D eigenvalue weighted by atomic mass is 9.94. The van der Waals surface area contributed by atoms with Crippen LogP contribution >= 0.6 is 0 Å². The standard InChI is InChI=1S/C20H26FN5/c1-15-6-7-22-19(12-15)26-10-8-25(9-11-26)14-17-13-23-24-20(17)16-2-4-18(21)5-3-16/h2-7,12,17,20,23-24H,8-11,13-14H2,1H3. The van der Waals surface area contributed by atoms with Gasteiger partial charge in [0.2, 0.25) is 0 Å². The number of halogens is 1. The number of rotatable bonds is 4. The van der Waals surface area contributed by atoms with Gasteiger partial charge in [0.1, 0.15) is 11.6 Å².